The highest BCUT2D eigenvalue weighted by Gasteiger charge is 2.22. The summed E-state index contributed by atoms with van der Waals surface area (Å²) in [6.45, 7) is 1.57. The van der Waals surface area contributed by atoms with Gasteiger partial charge in [0.25, 0.3) is 0 Å². The van der Waals surface area contributed by atoms with Crippen molar-refractivity contribution in [3.63, 3.8) is 0 Å². The fourth-order valence-corrected chi connectivity index (χ4v) is 2.70. The standard InChI is InChI=1S/C17H20FN5O3/c1-19-16-12(18)8-20-17(22-16)21-13-4-3-11(7-14(13)25-2)15-9-23(10-24)5-6-26-15/h3-4,7-8,10,15H,5-6,9H2,1-2H3,(H2,19,20,21,22). The van der Waals surface area contributed by atoms with Crippen LogP contribution in [0.1, 0.15) is 11.7 Å². The number of halogens is 1. The van der Waals surface area contributed by atoms with Crippen molar-refractivity contribution in [3.8, 4) is 5.75 Å². The summed E-state index contributed by atoms with van der Waals surface area (Å²) < 4.78 is 24.7. The molecule has 2 aromatic rings. The number of hydrogen-bond donors (Lipinski definition) is 2. The molecule has 1 aliphatic rings. The summed E-state index contributed by atoms with van der Waals surface area (Å²) >= 11 is 0. The molecule has 1 aromatic heterocycles. The number of hydrogen-bond acceptors (Lipinski definition) is 7. The smallest absolute Gasteiger partial charge is 0.229 e. The minimum absolute atomic E-state index is 0.0997. The lowest BCUT2D eigenvalue weighted by atomic mass is 10.1. The van der Waals surface area contributed by atoms with E-state index in [4.69, 9.17) is 9.47 Å². The first-order valence-electron chi connectivity index (χ1n) is 8.10. The second-order valence-electron chi connectivity index (χ2n) is 5.68. The van der Waals surface area contributed by atoms with Gasteiger partial charge < -0.3 is 25.0 Å². The molecular formula is C17H20FN5O3. The molecule has 1 unspecified atom stereocenters. The third-order valence-electron chi connectivity index (χ3n) is 4.07. The Kier molecular flexibility index (Phi) is 5.47. The molecule has 3 rings (SSSR count). The van der Waals surface area contributed by atoms with Gasteiger partial charge in [-0.1, -0.05) is 6.07 Å². The first-order chi connectivity index (χ1) is 12.6. The Hall–Kier alpha value is -2.94. The Labute approximate surface area is 150 Å². The number of carbonyl (C=O) groups excluding carboxylic acids is 1. The monoisotopic (exact) mass is 361 g/mol. The number of morpholine rings is 1. The van der Waals surface area contributed by atoms with Crippen LogP contribution in [0.5, 0.6) is 5.75 Å². The van der Waals surface area contributed by atoms with E-state index in [1.807, 2.05) is 18.2 Å². The van der Waals surface area contributed by atoms with Crippen molar-refractivity contribution in [2.45, 2.75) is 6.10 Å². The SMILES string of the molecule is CNc1nc(Nc2ccc(C3CN(C=O)CCO3)cc2OC)ncc1F. The molecule has 9 heteroatoms. The molecule has 1 saturated heterocycles. The lowest BCUT2D eigenvalue weighted by molar-refractivity contribution is -0.125. The molecule has 0 radical (unpaired) electrons. The number of nitrogens with one attached hydrogen (secondary N) is 2. The quantitative estimate of drug-likeness (QED) is 0.760. The molecule has 1 atom stereocenters. The Morgan fingerprint density at radius 3 is 3.04 bits per heavy atom. The number of amides is 1. The van der Waals surface area contributed by atoms with E-state index in [0.717, 1.165) is 18.2 Å². The Morgan fingerprint density at radius 2 is 2.31 bits per heavy atom. The first-order valence-corrected chi connectivity index (χ1v) is 8.10. The number of anilines is 3. The van der Waals surface area contributed by atoms with Crippen LogP contribution in [0.25, 0.3) is 0 Å². The fourth-order valence-electron chi connectivity index (χ4n) is 2.70. The van der Waals surface area contributed by atoms with E-state index in [1.54, 1.807) is 19.1 Å². The number of rotatable bonds is 6. The van der Waals surface area contributed by atoms with Crippen LogP contribution in [0.4, 0.5) is 21.8 Å². The predicted octanol–water partition coefficient (Wildman–Crippen LogP) is 1.94. The van der Waals surface area contributed by atoms with Crippen LogP contribution in [0.3, 0.4) is 0 Å². The van der Waals surface area contributed by atoms with E-state index < -0.39 is 5.82 Å². The molecule has 0 bridgehead atoms. The molecule has 2 heterocycles. The van der Waals surface area contributed by atoms with E-state index >= 15 is 0 Å². The lowest BCUT2D eigenvalue weighted by Gasteiger charge is -2.30. The van der Waals surface area contributed by atoms with E-state index in [1.165, 1.54) is 0 Å². The Bertz CT molecular complexity index is 789. The first kappa shape index (κ1) is 17.9. The van der Waals surface area contributed by atoms with Crippen LogP contribution in [0, 0.1) is 5.82 Å². The van der Waals surface area contributed by atoms with Gasteiger partial charge in [0, 0.05) is 13.6 Å². The van der Waals surface area contributed by atoms with Crippen LogP contribution >= 0.6 is 0 Å². The van der Waals surface area contributed by atoms with Gasteiger partial charge in [0.2, 0.25) is 12.4 Å². The number of benzene rings is 1. The molecule has 1 aromatic carbocycles. The molecule has 1 aliphatic heterocycles. The van der Waals surface area contributed by atoms with Gasteiger partial charge in [-0.2, -0.15) is 4.98 Å². The van der Waals surface area contributed by atoms with Crippen molar-refractivity contribution in [1.82, 2.24) is 14.9 Å². The maximum absolute atomic E-state index is 13.5. The van der Waals surface area contributed by atoms with E-state index in [2.05, 4.69) is 20.6 Å². The summed E-state index contributed by atoms with van der Waals surface area (Å²) in [4.78, 5) is 20.7. The van der Waals surface area contributed by atoms with Crippen molar-refractivity contribution >= 4 is 23.9 Å². The van der Waals surface area contributed by atoms with E-state index in [-0.39, 0.29) is 17.9 Å². The topological polar surface area (TPSA) is 88.6 Å². The highest BCUT2D eigenvalue weighted by Crippen LogP contribution is 2.32. The molecule has 26 heavy (non-hydrogen) atoms. The molecule has 1 amide bonds. The maximum atomic E-state index is 13.5. The highest BCUT2D eigenvalue weighted by molar-refractivity contribution is 5.64. The molecule has 0 spiro atoms. The number of aromatic nitrogens is 2. The zero-order chi connectivity index (χ0) is 18.5. The summed E-state index contributed by atoms with van der Waals surface area (Å²) in [5.41, 5.74) is 1.53. The number of carbonyl (C=O) groups is 1. The van der Waals surface area contributed by atoms with E-state index in [0.29, 0.717) is 31.1 Å². The second-order valence-corrected chi connectivity index (χ2v) is 5.68. The predicted molar refractivity (Wildman–Crippen MR) is 94.1 cm³/mol. The molecule has 138 valence electrons. The van der Waals surface area contributed by atoms with Gasteiger partial charge in [-0.25, -0.2) is 9.37 Å². The molecule has 2 N–H and O–H groups in total. The van der Waals surface area contributed by atoms with Crippen LogP contribution in [-0.2, 0) is 9.53 Å². The van der Waals surface area contributed by atoms with Crippen molar-refractivity contribution in [2.75, 3.05) is 44.5 Å². The van der Waals surface area contributed by atoms with Crippen molar-refractivity contribution < 1.29 is 18.7 Å². The van der Waals surface area contributed by atoms with Crippen molar-refractivity contribution in [2.24, 2.45) is 0 Å². The molecule has 0 saturated carbocycles. The third-order valence-corrected chi connectivity index (χ3v) is 4.07. The minimum Gasteiger partial charge on any atom is -0.495 e. The van der Waals surface area contributed by atoms with Gasteiger partial charge in [0.1, 0.15) is 11.9 Å². The van der Waals surface area contributed by atoms with Crippen LogP contribution in [0.15, 0.2) is 24.4 Å². The maximum Gasteiger partial charge on any atom is 0.229 e. The summed E-state index contributed by atoms with van der Waals surface area (Å²) in [7, 11) is 3.13. The second kappa shape index (κ2) is 7.96. The summed E-state index contributed by atoms with van der Waals surface area (Å²) in [6.07, 6.45) is 1.70. The van der Waals surface area contributed by atoms with Crippen LogP contribution in [0.2, 0.25) is 0 Å². The lowest BCUT2D eigenvalue weighted by Crippen LogP contribution is -2.37. The summed E-state index contributed by atoms with van der Waals surface area (Å²) in [5.74, 6) is 0.369. The molecule has 1 fully saturated rings. The molecular weight excluding hydrogens is 341 g/mol. The average molecular weight is 361 g/mol. The van der Waals surface area contributed by atoms with Gasteiger partial charge in [-0.15, -0.1) is 0 Å². The van der Waals surface area contributed by atoms with Crippen molar-refractivity contribution in [3.05, 3.63) is 35.8 Å². The van der Waals surface area contributed by atoms with Crippen molar-refractivity contribution in [1.29, 1.82) is 0 Å². The highest BCUT2D eigenvalue weighted by atomic mass is 19.1. The summed E-state index contributed by atoms with van der Waals surface area (Å²) in [6, 6.07) is 5.53. The van der Waals surface area contributed by atoms with E-state index in [9.17, 15) is 9.18 Å². The molecule has 8 nitrogen and oxygen atoms in total. The van der Waals surface area contributed by atoms with Gasteiger partial charge in [0.15, 0.2) is 11.6 Å². The van der Waals surface area contributed by atoms with Gasteiger partial charge in [0.05, 0.1) is 32.1 Å². The fraction of sp³-hybridized carbons (Fsp3) is 0.353. The summed E-state index contributed by atoms with van der Waals surface area (Å²) in [5, 5.41) is 5.68. The van der Waals surface area contributed by atoms with Gasteiger partial charge in [-0.3, -0.25) is 4.79 Å². The number of methoxy groups -OCH3 is 1. The number of nitrogens with zero attached hydrogens (tertiary/aromatic N) is 3. The number of ether oxygens (including phenoxy) is 2. The Balaban J connectivity index is 1.81. The Morgan fingerprint density at radius 1 is 1.46 bits per heavy atom. The van der Waals surface area contributed by atoms with Gasteiger partial charge >= 0.3 is 0 Å². The minimum atomic E-state index is -0.533. The van der Waals surface area contributed by atoms with Gasteiger partial charge in [-0.05, 0) is 17.7 Å². The van der Waals surface area contributed by atoms with Crippen LogP contribution < -0.4 is 15.4 Å². The molecule has 0 aliphatic carbocycles. The normalized spacial score (nSPS) is 16.9. The largest absolute Gasteiger partial charge is 0.495 e. The zero-order valence-electron chi connectivity index (χ0n) is 14.5. The van der Waals surface area contributed by atoms with Crippen LogP contribution in [-0.4, -0.2) is 55.1 Å². The average Bonchev–Trinajstić information content (AvgIpc) is 2.69. The third kappa shape index (κ3) is 3.83. The zero-order valence-corrected chi connectivity index (χ0v) is 14.5.